The van der Waals surface area contributed by atoms with E-state index >= 15 is 0 Å². The summed E-state index contributed by atoms with van der Waals surface area (Å²) in [5.41, 5.74) is 1.43. The lowest BCUT2D eigenvalue weighted by Crippen LogP contribution is -2.28. The molecule has 2 amide bonds. The number of hydrogen-bond donors (Lipinski definition) is 3. The van der Waals surface area contributed by atoms with E-state index < -0.39 is 0 Å². The second kappa shape index (κ2) is 6.76. The molecule has 0 saturated heterocycles. The van der Waals surface area contributed by atoms with Crippen molar-refractivity contribution in [3.05, 3.63) is 24.3 Å². The van der Waals surface area contributed by atoms with Gasteiger partial charge in [0.2, 0.25) is 11.8 Å². The molecule has 0 aromatic heterocycles. The third-order valence-corrected chi connectivity index (χ3v) is 2.43. The number of carbonyl (C=O) groups is 2. The fourth-order valence-corrected chi connectivity index (χ4v) is 1.50. The van der Waals surface area contributed by atoms with Crippen molar-refractivity contribution in [2.75, 3.05) is 24.2 Å². The van der Waals surface area contributed by atoms with Gasteiger partial charge < -0.3 is 16.0 Å². The van der Waals surface area contributed by atoms with Crippen molar-refractivity contribution < 1.29 is 9.59 Å². The summed E-state index contributed by atoms with van der Waals surface area (Å²) < 4.78 is 0. The van der Waals surface area contributed by atoms with Gasteiger partial charge in [-0.2, -0.15) is 0 Å². The number of nitrogens with one attached hydrogen (secondary N) is 3. The molecule has 3 N–H and O–H groups in total. The minimum absolute atomic E-state index is 0.0309. The van der Waals surface area contributed by atoms with E-state index in [0.29, 0.717) is 12.2 Å². The predicted octanol–water partition coefficient (Wildman–Crippen LogP) is 1.44. The summed E-state index contributed by atoms with van der Waals surface area (Å²) in [6, 6.07) is 7.02. The van der Waals surface area contributed by atoms with Crippen LogP contribution in [0.2, 0.25) is 0 Å². The molecule has 5 nitrogen and oxygen atoms in total. The molecule has 0 aliphatic rings. The minimum atomic E-state index is -0.116. The summed E-state index contributed by atoms with van der Waals surface area (Å²) in [6.45, 7) is 3.95. The van der Waals surface area contributed by atoms with E-state index in [9.17, 15) is 9.59 Å². The van der Waals surface area contributed by atoms with Crippen LogP contribution >= 0.6 is 0 Å². The molecule has 5 heteroatoms. The van der Waals surface area contributed by atoms with E-state index in [-0.39, 0.29) is 17.7 Å². The summed E-state index contributed by atoms with van der Waals surface area (Å²) in [7, 11) is 1.81. The molecule has 0 radical (unpaired) electrons. The molecule has 0 aliphatic carbocycles. The minimum Gasteiger partial charge on any atom is -0.326 e. The zero-order valence-corrected chi connectivity index (χ0v) is 10.9. The van der Waals surface area contributed by atoms with Gasteiger partial charge in [-0.25, -0.2) is 0 Å². The first-order valence-electron chi connectivity index (χ1n) is 5.86. The first-order valence-corrected chi connectivity index (χ1v) is 5.86. The first-order chi connectivity index (χ1) is 8.52. The van der Waals surface area contributed by atoms with Crippen LogP contribution in [0.1, 0.15) is 13.8 Å². The Morgan fingerprint density at radius 3 is 2.06 bits per heavy atom. The number of benzene rings is 1. The molecular formula is C13H19N3O2. The summed E-state index contributed by atoms with van der Waals surface area (Å²) in [5, 5.41) is 8.44. The van der Waals surface area contributed by atoms with Gasteiger partial charge in [-0.1, -0.05) is 6.92 Å². The number of anilines is 2. The SMILES string of the molecule is CNCC(C)C(=O)Nc1ccc(NC(C)=O)cc1. The van der Waals surface area contributed by atoms with E-state index in [4.69, 9.17) is 0 Å². The standard InChI is InChI=1S/C13H19N3O2/c1-9(8-14-3)13(18)16-12-6-4-11(5-7-12)15-10(2)17/h4-7,9,14H,8H2,1-3H3,(H,15,17)(H,16,18). The van der Waals surface area contributed by atoms with Gasteiger partial charge in [-0.05, 0) is 31.3 Å². The number of carbonyl (C=O) groups excluding carboxylic acids is 2. The Hall–Kier alpha value is -1.88. The van der Waals surface area contributed by atoms with E-state index in [1.165, 1.54) is 6.92 Å². The molecule has 0 saturated carbocycles. The Kier molecular flexibility index (Phi) is 5.32. The van der Waals surface area contributed by atoms with E-state index in [1.54, 1.807) is 24.3 Å². The van der Waals surface area contributed by atoms with Gasteiger partial charge in [-0.3, -0.25) is 9.59 Å². The van der Waals surface area contributed by atoms with Crippen molar-refractivity contribution in [2.45, 2.75) is 13.8 Å². The Bertz CT molecular complexity index is 415. The van der Waals surface area contributed by atoms with Gasteiger partial charge in [0.15, 0.2) is 0 Å². The molecule has 1 atom stereocenters. The second-order valence-electron chi connectivity index (χ2n) is 4.21. The molecule has 0 bridgehead atoms. The highest BCUT2D eigenvalue weighted by atomic mass is 16.2. The summed E-state index contributed by atoms with van der Waals surface area (Å²) >= 11 is 0. The molecule has 1 rings (SSSR count). The quantitative estimate of drug-likeness (QED) is 0.739. The van der Waals surface area contributed by atoms with Gasteiger partial charge in [-0.15, -0.1) is 0 Å². The summed E-state index contributed by atoms with van der Waals surface area (Å²) in [5.74, 6) is -0.240. The second-order valence-corrected chi connectivity index (χ2v) is 4.21. The lowest BCUT2D eigenvalue weighted by Gasteiger charge is -2.12. The van der Waals surface area contributed by atoms with Crippen molar-refractivity contribution in [3.63, 3.8) is 0 Å². The largest absolute Gasteiger partial charge is 0.326 e. The van der Waals surface area contributed by atoms with Crippen LogP contribution in [-0.4, -0.2) is 25.4 Å². The topological polar surface area (TPSA) is 70.2 Å². The van der Waals surface area contributed by atoms with Crippen LogP contribution in [0.5, 0.6) is 0 Å². The molecular weight excluding hydrogens is 230 g/mol. The van der Waals surface area contributed by atoms with Crippen molar-refractivity contribution >= 4 is 23.2 Å². The Labute approximate surface area is 107 Å². The fourth-order valence-electron chi connectivity index (χ4n) is 1.50. The van der Waals surface area contributed by atoms with E-state index in [0.717, 1.165) is 5.69 Å². The van der Waals surface area contributed by atoms with Crippen LogP contribution in [0.25, 0.3) is 0 Å². The maximum absolute atomic E-state index is 11.7. The molecule has 1 aromatic rings. The van der Waals surface area contributed by atoms with Crippen molar-refractivity contribution in [2.24, 2.45) is 5.92 Å². The van der Waals surface area contributed by atoms with E-state index in [1.807, 2.05) is 14.0 Å². The summed E-state index contributed by atoms with van der Waals surface area (Å²) in [4.78, 5) is 22.6. The van der Waals surface area contributed by atoms with Crippen molar-refractivity contribution in [1.29, 1.82) is 0 Å². The lowest BCUT2D eigenvalue weighted by molar-refractivity contribution is -0.119. The average Bonchev–Trinajstić information content (AvgIpc) is 2.31. The molecule has 0 fully saturated rings. The van der Waals surface area contributed by atoms with E-state index in [2.05, 4.69) is 16.0 Å². The monoisotopic (exact) mass is 249 g/mol. The molecule has 1 aromatic carbocycles. The van der Waals surface area contributed by atoms with Gasteiger partial charge in [0, 0.05) is 30.8 Å². The van der Waals surface area contributed by atoms with Crippen molar-refractivity contribution in [3.8, 4) is 0 Å². The smallest absolute Gasteiger partial charge is 0.228 e. The third kappa shape index (κ3) is 4.55. The van der Waals surface area contributed by atoms with Gasteiger partial charge in [0.1, 0.15) is 0 Å². The zero-order chi connectivity index (χ0) is 13.5. The van der Waals surface area contributed by atoms with Crippen LogP contribution in [-0.2, 0) is 9.59 Å². The third-order valence-electron chi connectivity index (χ3n) is 2.43. The molecule has 1 unspecified atom stereocenters. The molecule has 98 valence electrons. The zero-order valence-electron chi connectivity index (χ0n) is 10.9. The van der Waals surface area contributed by atoms with Gasteiger partial charge in [0.25, 0.3) is 0 Å². The Balaban J connectivity index is 2.58. The number of rotatable bonds is 5. The van der Waals surface area contributed by atoms with Crippen LogP contribution in [0.3, 0.4) is 0 Å². The van der Waals surface area contributed by atoms with Gasteiger partial charge in [0.05, 0.1) is 0 Å². The predicted molar refractivity (Wildman–Crippen MR) is 72.5 cm³/mol. The lowest BCUT2D eigenvalue weighted by atomic mass is 10.1. The first kappa shape index (κ1) is 14.2. The molecule has 0 spiro atoms. The van der Waals surface area contributed by atoms with Crippen LogP contribution < -0.4 is 16.0 Å². The fraction of sp³-hybridized carbons (Fsp3) is 0.385. The number of amides is 2. The molecule has 18 heavy (non-hydrogen) atoms. The molecule has 0 aliphatic heterocycles. The van der Waals surface area contributed by atoms with Crippen LogP contribution in [0.15, 0.2) is 24.3 Å². The maximum Gasteiger partial charge on any atom is 0.228 e. The summed E-state index contributed by atoms with van der Waals surface area (Å²) in [6.07, 6.45) is 0. The normalized spacial score (nSPS) is 11.7. The van der Waals surface area contributed by atoms with Crippen molar-refractivity contribution in [1.82, 2.24) is 5.32 Å². The van der Waals surface area contributed by atoms with Crippen LogP contribution in [0, 0.1) is 5.92 Å². The maximum atomic E-state index is 11.7. The average molecular weight is 249 g/mol. The Morgan fingerprint density at radius 2 is 1.61 bits per heavy atom. The highest BCUT2D eigenvalue weighted by Crippen LogP contribution is 2.14. The Morgan fingerprint density at radius 1 is 1.11 bits per heavy atom. The molecule has 0 heterocycles. The number of hydrogen-bond acceptors (Lipinski definition) is 3. The van der Waals surface area contributed by atoms with Crippen LogP contribution in [0.4, 0.5) is 11.4 Å². The highest BCUT2D eigenvalue weighted by Gasteiger charge is 2.11. The highest BCUT2D eigenvalue weighted by molar-refractivity contribution is 5.93. The van der Waals surface area contributed by atoms with Gasteiger partial charge >= 0.3 is 0 Å².